The lowest BCUT2D eigenvalue weighted by Crippen LogP contribution is -2.49. The first-order chi connectivity index (χ1) is 17.1. The molecule has 1 saturated heterocycles. The van der Waals surface area contributed by atoms with Gasteiger partial charge < -0.3 is 15.0 Å². The van der Waals surface area contributed by atoms with Crippen molar-refractivity contribution in [3.8, 4) is 5.69 Å². The van der Waals surface area contributed by atoms with Crippen LogP contribution in [0.4, 0.5) is 10.5 Å². The van der Waals surface area contributed by atoms with Crippen LogP contribution in [-0.2, 0) is 11.3 Å². The van der Waals surface area contributed by atoms with E-state index in [1.165, 1.54) is 7.11 Å². The molecule has 4 aromatic rings. The van der Waals surface area contributed by atoms with E-state index in [0.717, 1.165) is 35.8 Å². The standard InChI is InChI=1S/C26H26N6O3/c1-35-25(33)19-7-5-8-20(17-19)28-26(34)31-15-13-30(14-16-31)18-23-29-22-11-6-12-27-24(22)32(23)21-9-3-2-4-10-21/h2-12,17H,13-16,18H2,1H3,(H,28,34). The zero-order valence-electron chi connectivity index (χ0n) is 19.4. The number of nitrogens with one attached hydrogen (secondary N) is 1. The summed E-state index contributed by atoms with van der Waals surface area (Å²) in [6, 6.07) is 20.5. The third-order valence-electron chi connectivity index (χ3n) is 6.06. The molecular formula is C26H26N6O3. The van der Waals surface area contributed by atoms with Crippen molar-refractivity contribution in [3.05, 3.63) is 84.3 Å². The summed E-state index contributed by atoms with van der Waals surface area (Å²) in [4.78, 5) is 38.0. The molecule has 1 aliphatic rings. The first-order valence-electron chi connectivity index (χ1n) is 11.5. The number of nitrogens with zero attached hydrogens (tertiary/aromatic N) is 5. The quantitative estimate of drug-likeness (QED) is 0.449. The summed E-state index contributed by atoms with van der Waals surface area (Å²) in [6.07, 6.45) is 1.78. The van der Waals surface area contributed by atoms with Crippen LogP contribution in [0, 0.1) is 0 Å². The van der Waals surface area contributed by atoms with E-state index in [4.69, 9.17) is 9.72 Å². The second-order valence-electron chi connectivity index (χ2n) is 8.31. The molecule has 0 bridgehead atoms. The van der Waals surface area contributed by atoms with Crippen LogP contribution in [0.5, 0.6) is 0 Å². The summed E-state index contributed by atoms with van der Waals surface area (Å²) < 4.78 is 6.85. The molecule has 178 valence electrons. The maximum atomic E-state index is 12.8. The molecule has 0 radical (unpaired) electrons. The van der Waals surface area contributed by atoms with Crippen LogP contribution < -0.4 is 5.32 Å². The highest BCUT2D eigenvalue weighted by atomic mass is 16.5. The number of ether oxygens (including phenoxy) is 1. The molecule has 0 atom stereocenters. The zero-order chi connectivity index (χ0) is 24.2. The highest BCUT2D eigenvalue weighted by Crippen LogP contribution is 2.21. The summed E-state index contributed by atoms with van der Waals surface area (Å²) in [5.41, 5.74) is 3.67. The van der Waals surface area contributed by atoms with Crippen molar-refractivity contribution in [3.63, 3.8) is 0 Å². The lowest BCUT2D eigenvalue weighted by molar-refractivity contribution is 0.0600. The monoisotopic (exact) mass is 470 g/mol. The third kappa shape index (κ3) is 4.85. The Hall–Kier alpha value is -4.24. The van der Waals surface area contributed by atoms with Crippen molar-refractivity contribution >= 4 is 28.9 Å². The average Bonchev–Trinajstić information content (AvgIpc) is 3.27. The largest absolute Gasteiger partial charge is 0.465 e. The van der Waals surface area contributed by atoms with Gasteiger partial charge in [-0.05, 0) is 42.5 Å². The number of carbonyl (C=O) groups excluding carboxylic acids is 2. The molecule has 0 unspecified atom stereocenters. The maximum Gasteiger partial charge on any atom is 0.337 e. The van der Waals surface area contributed by atoms with E-state index in [1.807, 2.05) is 30.3 Å². The molecule has 2 aromatic carbocycles. The van der Waals surface area contributed by atoms with Crippen molar-refractivity contribution < 1.29 is 14.3 Å². The van der Waals surface area contributed by atoms with Gasteiger partial charge in [0.2, 0.25) is 0 Å². The van der Waals surface area contributed by atoms with Gasteiger partial charge in [0.05, 0.1) is 19.2 Å². The molecule has 0 spiro atoms. The van der Waals surface area contributed by atoms with Gasteiger partial charge in [0.15, 0.2) is 5.65 Å². The second-order valence-corrected chi connectivity index (χ2v) is 8.31. The van der Waals surface area contributed by atoms with E-state index in [2.05, 4.69) is 31.9 Å². The van der Waals surface area contributed by atoms with Gasteiger partial charge in [-0.1, -0.05) is 24.3 Å². The lowest BCUT2D eigenvalue weighted by Gasteiger charge is -2.34. The minimum atomic E-state index is -0.438. The van der Waals surface area contributed by atoms with Gasteiger partial charge in [-0.15, -0.1) is 0 Å². The average molecular weight is 471 g/mol. The number of pyridine rings is 1. The number of esters is 1. The number of amides is 2. The van der Waals surface area contributed by atoms with Crippen LogP contribution >= 0.6 is 0 Å². The minimum Gasteiger partial charge on any atom is -0.465 e. The van der Waals surface area contributed by atoms with Gasteiger partial charge in [-0.2, -0.15) is 0 Å². The predicted molar refractivity (Wildman–Crippen MR) is 133 cm³/mol. The Bertz CT molecular complexity index is 1350. The Morgan fingerprint density at radius 1 is 0.971 bits per heavy atom. The number of fused-ring (bicyclic) bond motifs is 1. The molecule has 0 saturated carbocycles. The van der Waals surface area contributed by atoms with Crippen molar-refractivity contribution in [2.75, 3.05) is 38.6 Å². The van der Waals surface area contributed by atoms with Crippen molar-refractivity contribution in [2.45, 2.75) is 6.54 Å². The molecule has 2 aromatic heterocycles. The number of hydrogen-bond acceptors (Lipinski definition) is 6. The second kappa shape index (κ2) is 9.94. The maximum absolute atomic E-state index is 12.8. The molecule has 1 fully saturated rings. The van der Waals surface area contributed by atoms with Gasteiger partial charge in [-0.3, -0.25) is 9.47 Å². The predicted octanol–water partition coefficient (Wildman–Crippen LogP) is 3.56. The van der Waals surface area contributed by atoms with Crippen molar-refractivity contribution in [2.24, 2.45) is 0 Å². The topological polar surface area (TPSA) is 92.6 Å². The fourth-order valence-corrected chi connectivity index (χ4v) is 4.27. The summed E-state index contributed by atoms with van der Waals surface area (Å²) in [6.45, 7) is 3.28. The lowest BCUT2D eigenvalue weighted by atomic mass is 10.2. The fourth-order valence-electron chi connectivity index (χ4n) is 4.27. The van der Waals surface area contributed by atoms with Gasteiger partial charge in [-0.25, -0.2) is 19.6 Å². The number of hydrogen-bond donors (Lipinski definition) is 1. The summed E-state index contributed by atoms with van der Waals surface area (Å²) in [7, 11) is 1.33. The SMILES string of the molecule is COC(=O)c1cccc(NC(=O)N2CCN(Cc3nc4cccnc4n3-c3ccccc3)CC2)c1. The molecule has 1 aliphatic heterocycles. The number of methoxy groups -OCH3 is 1. The first kappa shape index (κ1) is 22.5. The van der Waals surface area contributed by atoms with Crippen LogP contribution in [0.3, 0.4) is 0 Å². The van der Waals surface area contributed by atoms with Crippen LogP contribution in [0.1, 0.15) is 16.2 Å². The Balaban J connectivity index is 1.25. The zero-order valence-corrected chi connectivity index (χ0v) is 19.4. The molecule has 3 heterocycles. The molecule has 9 nitrogen and oxygen atoms in total. The Morgan fingerprint density at radius 2 is 1.77 bits per heavy atom. The molecule has 2 amide bonds. The molecular weight excluding hydrogens is 444 g/mol. The van der Waals surface area contributed by atoms with Crippen LogP contribution in [0.15, 0.2) is 72.9 Å². The Labute approximate surface area is 203 Å². The summed E-state index contributed by atoms with van der Waals surface area (Å²) in [5, 5.41) is 2.88. The van der Waals surface area contributed by atoms with E-state index >= 15 is 0 Å². The van der Waals surface area contributed by atoms with E-state index in [9.17, 15) is 9.59 Å². The molecule has 0 aliphatic carbocycles. The molecule has 5 rings (SSSR count). The number of anilines is 1. The summed E-state index contributed by atoms with van der Waals surface area (Å²) >= 11 is 0. The highest BCUT2D eigenvalue weighted by Gasteiger charge is 2.23. The van der Waals surface area contributed by atoms with Crippen molar-refractivity contribution in [1.82, 2.24) is 24.3 Å². The van der Waals surface area contributed by atoms with E-state index in [-0.39, 0.29) is 6.03 Å². The van der Waals surface area contributed by atoms with Gasteiger partial charge in [0.1, 0.15) is 11.3 Å². The van der Waals surface area contributed by atoms with Crippen LogP contribution in [0.25, 0.3) is 16.9 Å². The summed E-state index contributed by atoms with van der Waals surface area (Å²) in [5.74, 6) is 0.480. The van der Waals surface area contributed by atoms with Crippen LogP contribution in [0.2, 0.25) is 0 Å². The third-order valence-corrected chi connectivity index (χ3v) is 6.06. The number of piperazine rings is 1. The molecule has 9 heteroatoms. The number of urea groups is 1. The smallest absolute Gasteiger partial charge is 0.337 e. The van der Waals surface area contributed by atoms with Crippen molar-refractivity contribution in [1.29, 1.82) is 0 Å². The Morgan fingerprint density at radius 3 is 2.54 bits per heavy atom. The van der Waals surface area contributed by atoms with E-state index in [0.29, 0.717) is 30.9 Å². The fraction of sp³-hybridized carbons (Fsp3) is 0.231. The number of aromatic nitrogens is 3. The first-order valence-corrected chi connectivity index (χ1v) is 11.5. The van der Waals surface area contributed by atoms with Gasteiger partial charge in [0, 0.05) is 43.8 Å². The Kier molecular flexibility index (Phi) is 6.40. The number of para-hydroxylation sites is 1. The molecule has 1 N–H and O–H groups in total. The highest BCUT2D eigenvalue weighted by molar-refractivity contribution is 5.94. The normalized spacial score (nSPS) is 14.1. The number of benzene rings is 2. The van der Waals surface area contributed by atoms with E-state index < -0.39 is 5.97 Å². The minimum absolute atomic E-state index is 0.188. The number of imidazole rings is 1. The van der Waals surface area contributed by atoms with Gasteiger partial charge >= 0.3 is 12.0 Å². The van der Waals surface area contributed by atoms with E-state index in [1.54, 1.807) is 35.4 Å². The number of rotatable bonds is 5. The molecule has 35 heavy (non-hydrogen) atoms. The number of carbonyl (C=O) groups is 2. The van der Waals surface area contributed by atoms with Crippen LogP contribution in [-0.4, -0.2) is 69.6 Å². The van der Waals surface area contributed by atoms with Gasteiger partial charge in [0.25, 0.3) is 0 Å².